The van der Waals surface area contributed by atoms with Crippen LogP contribution in [0.2, 0.25) is 5.02 Å². The van der Waals surface area contributed by atoms with Gasteiger partial charge in [0.1, 0.15) is 0 Å². The lowest BCUT2D eigenvalue weighted by Gasteiger charge is -2.02. The van der Waals surface area contributed by atoms with Gasteiger partial charge in [0, 0.05) is 5.02 Å². The first-order valence-corrected chi connectivity index (χ1v) is 8.68. The maximum absolute atomic E-state index is 12.2. The minimum atomic E-state index is -0.288. The summed E-state index contributed by atoms with van der Waals surface area (Å²) in [5.41, 5.74) is 7.10. The number of halogens is 1. The first kappa shape index (κ1) is 14.4. The van der Waals surface area contributed by atoms with Gasteiger partial charge in [0.15, 0.2) is 5.01 Å². The first-order valence-electron chi connectivity index (χ1n) is 6.67. The number of rotatable bonds is 3. The quantitative estimate of drug-likeness (QED) is 0.534. The summed E-state index contributed by atoms with van der Waals surface area (Å²) < 4.78 is 1.93. The zero-order valence-corrected chi connectivity index (χ0v) is 13.9. The number of hydrogen-bond donors (Lipinski definition) is 2. The van der Waals surface area contributed by atoms with Crippen LogP contribution in [0.1, 0.15) is 9.80 Å². The van der Waals surface area contributed by atoms with Crippen LogP contribution in [0, 0.1) is 0 Å². The first-order chi connectivity index (χ1) is 11.2. The molecule has 0 atom stereocenters. The summed E-state index contributed by atoms with van der Waals surface area (Å²) in [7, 11) is 0. The Morgan fingerprint density at radius 2 is 1.83 bits per heavy atom. The molecule has 0 aliphatic rings. The topological polar surface area (TPSA) is 66.9 Å². The average molecular weight is 361 g/mol. The van der Waals surface area contributed by atoms with Gasteiger partial charge in [-0.25, -0.2) is 9.97 Å². The minimum Gasteiger partial charge on any atom is -0.273 e. The molecule has 4 rings (SSSR count). The molecule has 0 unspecified atom stereocenters. The highest BCUT2D eigenvalue weighted by Crippen LogP contribution is 2.28. The second-order valence-electron chi connectivity index (χ2n) is 4.70. The van der Waals surface area contributed by atoms with Crippen LogP contribution in [0.4, 0.5) is 5.13 Å². The van der Waals surface area contributed by atoms with Crippen molar-refractivity contribution < 1.29 is 4.79 Å². The molecule has 2 aromatic heterocycles. The van der Waals surface area contributed by atoms with Crippen LogP contribution in [-0.2, 0) is 0 Å². The second kappa shape index (κ2) is 5.77. The maximum Gasteiger partial charge on any atom is 0.298 e. The molecule has 0 saturated carbocycles. The van der Waals surface area contributed by atoms with Crippen LogP contribution in [0.3, 0.4) is 0 Å². The second-order valence-corrected chi connectivity index (χ2v) is 7.19. The zero-order valence-electron chi connectivity index (χ0n) is 11.5. The molecule has 0 aliphatic carbocycles. The van der Waals surface area contributed by atoms with Crippen molar-refractivity contribution in [2.24, 2.45) is 0 Å². The Morgan fingerprint density at radius 3 is 2.70 bits per heavy atom. The van der Waals surface area contributed by atoms with Gasteiger partial charge in [-0.05, 0) is 30.3 Å². The minimum absolute atomic E-state index is 0.288. The average Bonchev–Trinajstić information content (AvgIpc) is 3.15. The van der Waals surface area contributed by atoms with Crippen molar-refractivity contribution in [2.45, 2.75) is 0 Å². The molecule has 5 nitrogen and oxygen atoms in total. The third-order valence-corrected chi connectivity index (χ3v) is 5.33. The van der Waals surface area contributed by atoms with Gasteiger partial charge in [-0.2, -0.15) is 0 Å². The van der Waals surface area contributed by atoms with Gasteiger partial charge in [0.05, 0.1) is 20.4 Å². The number of para-hydroxylation sites is 1. The molecule has 2 aromatic carbocycles. The lowest BCUT2D eigenvalue weighted by molar-refractivity contribution is 0.0962. The molecule has 2 N–H and O–H groups in total. The lowest BCUT2D eigenvalue weighted by atomic mass is 10.3. The Hall–Kier alpha value is -2.22. The van der Waals surface area contributed by atoms with Crippen molar-refractivity contribution in [1.82, 2.24) is 15.4 Å². The summed E-state index contributed by atoms with van der Waals surface area (Å²) in [5.74, 6) is -0.288. The third kappa shape index (κ3) is 2.86. The monoisotopic (exact) mass is 360 g/mol. The van der Waals surface area contributed by atoms with E-state index in [0.717, 1.165) is 20.4 Å². The van der Waals surface area contributed by atoms with Gasteiger partial charge < -0.3 is 0 Å². The van der Waals surface area contributed by atoms with Crippen molar-refractivity contribution in [2.75, 3.05) is 5.43 Å². The summed E-state index contributed by atoms with van der Waals surface area (Å²) in [6.07, 6.45) is 0. The Bertz CT molecular complexity index is 994. The van der Waals surface area contributed by atoms with Gasteiger partial charge in [-0.3, -0.25) is 15.6 Å². The number of nitrogens with zero attached hydrogens (tertiary/aromatic N) is 2. The SMILES string of the molecule is O=C(NNc1nc2ccc(Cl)cc2s1)c1nc2ccccc2s1. The standard InChI is InChI=1S/C15H9ClN4OS2/c16-8-5-6-10-12(7-8)23-15(18-10)20-19-13(21)14-17-9-3-1-2-4-11(9)22-14/h1-7H,(H,18,20)(H,19,21). The molecular weight excluding hydrogens is 352 g/mol. The molecule has 0 bridgehead atoms. The fourth-order valence-electron chi connectivity index (χ4n) is 2.08. The summed E-state index contributed by atoms with van der Waals surface area (Å²) >= 11 is 8.72. The molecule has 0 fully saturated rings. The van der Waals surface area contributed by atoms with Gasteiger partial charge in [0.25, 0.3) is 5.91 Å². The molecule has 4 aromatic rings. The predicted molar refractivity (Wildman–Crippen MR) is 95.3 cm³/mol. The van der Waals surface area contributed by atoms with Crippen LogP contribution in [0.25, 0.3) is 20.4 Å². The zero-order chi connectivity index (χ0) is 15.8. The molecule has 114 valence electrons. The van der Waals surface area contributed by atoms with Gasteiger partial charge in [0.2, 0.25) is 5.13 Å². The van der Waals surface area contributed by atoms with E-state index in [1.165, 1.54) is 22.7 Å². The summed E-state index contributed by atoms with van der Waals surface area (Å²) in [4.78, 5) is 20.9. The number of fused-ring (bicyclic) bond motifs is 2. The van der Waals surface area contributed by atoms with Crippen LogP contribution >= 0.6 is 34.3 Å². The van der Waals surface area contributed by atoms with Crippen molar-refractivity contribution in [3.8, 4) is 0 Å². The van der Waals surface area contributed by atoms with Crippen molar-refractivity contribution in [3.05, 3.63) is 52.5 Å². The van der Waals surface area contributed by atoms with Crippen molar-refractivity contribution in [3.63, 3.8) is 0 Å². The molecule has 23 heavy (non-hydrogen) atoms. The van der Waals surface area contributed by atoms with E-state index in [4.69, 9.17) is 11.6 Å². The summed E-state index contributed by atoms with van der Waals surface area (Å²) in [6.45, 7) is 0. The molecule has 0 spiro atoms. The summed E-state index contributed by atoms with van der Waals surface area (Å²) in [6, 6.07) is 13.1. The van der Waals surface area contributed by atoms with Crippen LogP contribution in [0.15, 0.2) is 42.5 Å². The molecule has 0 radical (unpaired) electrons. The van der Waals surface area contributed by atoms with E-state index in [2.05, 4.69) is 20.8 Å². The fourth-order valence-corrected chi connectivity index (χ4v) is 4.04. The van der Waals surface area contributed by atoms with Crippen LogP contribution in [-0.4, -0.2) is 15.9 Å². The van der Waals surface area contributed by atoms with Crippen molar-refractivity contribution in [1.29, 1.82) is 0 Å². The number of carbonyl (C=O) groups is 1. The fraction of sp³-hybridized carbons (Fsp3) is 0. The van der Waals surface area contributed by atoms with E-state index in [1.54, 1.807) is 6.07 Å². The van der Waals surface area contributed by atoms with Gasteiger partial charge >= 0.3 is 0 Å². The third-order valence-electron chi connectivity index (χ3n) is 3.12. The largest absolute Gasteiger partial charge is 0.298 e. The maximum atomic E-state index is 12.2. The number of anilines is 1. The Morgan fingerprint density at radius 1 is 1.00 bits per heavy atom. The molecular formula is C15H9ClN4OS2. The number of thiazole rings is 2. The van der Waals surface area contributed by atoms with Crippen molar-refractivity contribution >= 4 is 65.7 Å². The highest BCUT2D eigenvalue weighted by molar-refractivity contribution is 7.22. The number of hydrogen-bond acceptors (Lipinski definition) is 6. The molecule has 0 aliphatic heterocycles. The number of nitrogens with one attached hydrogen (secondary N) is 2. The van der Waals surface area contributed by atoms with Crippen LogP contribution in [0.5, 0.6) is 0 Å². The van der Waals surface area contributed by atoms with Crippen LogP contribution < -0.4 is 10.9 Å². The van der Waals surface area contributed by atoms with Gasteiger partial charge in [-0.1, -0.05) is 35.1 Å². The van der Waals surface area contributed by atoms with E-state index >= 15 is 0 Å². The van der Waals surface area contributed by atoms with E-state index in [0.29, 0.717) is 15.2 Å². The predicted octanol–water partition coefficient (Wildman–Crippen LogP) is 4.32. The number of aromatic nitrogens is 2. The molecule has 1 amide bonds. The molecule has 0 saturated heterocycles. The highest BCUT2D eigenvalue weighted by Gasteiger charge is 2.12. The van der Waals surface area contributed by atoms with E-state index in [9.17, 15) is 4.79 Å². The Balaban J connectivity index is 1.51. The highest BCUT2D eigenvalue weighted by atomic mass is 35.5. The smallest absolute Gasteiger partial charge is 0.273 e. The van der Waals surface area contributed by atoms with E-state index < -0.39 is 0 Å². The number of carbonyl (C=O) groups excluding carboxylic acids is 1. The molecule has 2 heterocycles. The van der Waals surface area contributed by atoms with E-state index in [1.807, 2.05) is 36.4 Å². The lowest BCUT2D eigenvalue weighted by Crippen LogP contribution is -2.29. The number of hydrazine groups is 1. The molecule has 8 heteroatoms. The Labute approximate surface area is 143 Å². The van der Waals surface area contributed by atoms with E-state index in [-0.39, 0.29) is 5.91 Å². The summed E-state index contributed by atoms with van der Waals surface area (Å²) in [5, 5.41) is 1.66. The number of benzene rings is 2. The normalized spacial score (nSPS) is 11.0. The van der Waals surface area contributed by atoms with Gasteiger partial charge in [-0.15, -0.1) is 11.3 Å². The Kier molecular flexibility index (Phi) is 3.60. The number of amides is 1.